The summed E-state index contributed by atoms with van der Waals surface area (Å²) >= 11 is 17.6. The molecule has 23 heavy (non-hydrogen) atoms. The van der Waals surface area contributed by atoms with Gasteiger partial charge in [-0.25, -0.2) is 5.43 Å². The third kappa shape index (κ3) is 5.10. The van der Waals surface area contributed by atoms with Crippen LogP contribution in [0.25, 0.3) is 0 Å². The Morgan fingerprint density at radius 3 is 2.70 bits per heavy atom. The number of aromatic nitrogens is 1. The zero-order chi connectivity index (χ0) is 16.8. The predicted octanol–water partition coefficient (Wildman–Crippen LogP) is 3.96. The lowest BCUT2D eigenvalue weighted by Gasteiger charge is -2.08. The van der Waals surface area contributed by atoms with E-state index in [4.69, 9.17) is 39.5 Å². The van der Waals surface area contributed by atoms with Crippen LogP contribution in [0.4, 0.5) is 0 Å². The number of ether oxygens (including phenoxy) is 1. The van der Waals surface area contributed by atoms with E-state index in [1.54, 1.807) is 25.4 Å². The van der Waals surface area contributed by atoms with Gasteiger partial charge in [0.1, 0.15) is 5.75 Å². The molecule has 0 fully saturated rings. The fraction of sp³-hybridized carbons (Fsp3) is 0.133. The lowest BCUT2D eigenvalue weighted by molar-refractivity contribution is -0.123. The van der Waals surface area contributed by atoms with E-state index in [9.17, 15) is 4.79 Å². The molecule has 0 aliphatic heterocycles. The minimum absolute atomic E-state index is 0.262. The maximum Gasteiger partial charge on any atom is 0.277 e. The maximum absolute atomic E-state index is 11.8. The summed E-state index contributed by atoms with van der Waals surface area (Å²) in [5.74, 6) is -0.167. The number of carbonyl (C=O) groups is 1. The molecule has 0 unspecified atom stereocenters. The molecule has 5 nitrogen and oxygen atoms in total. The Kier molecular flexibility index (Phi) is 6.21. The predicted molar refractivity (Wildman–Crippen MR) is 91.6 cm³/mol. The second kappa shape index (κ2) is 8.15. The van der Waals surface area contributed by atoms with Crippen LogP contribution in [-0.2, 0) is 4.79 Å². The molecule has 0 saturated heterocycles. The molecule has 0 atom stereocenters. The molecule has 120 valence electrons. The minimum atomic E-state index is -0.435. The van der Waals surface area contributed by atoms with Crippen LogP contribution in [-0.4, -0.2) is 23.2 Å². The van der Waals surface area contributed by atoms with Gasteiger partial charge in [-0.05, 0) is 19.1 Å². The van der Waals surface area contributed by atoms with Crippen molar-refractivity contribution < 1.29 is 9.53 Å². The first-order chi connectivity index (χ1) is 11.0. The number of benzene rings is 1. The molecule has 1 amide bonds. The van der Waals surface area contributed by atoms with Crippen molar-refractivity contribution >= 4 is 46.4 Å². The molecule has 2 aromatic rings. The quantitative estimate of drug-likeness (QED) is 0.491. The SMILES string of the molecule is C/C(=N/NC(=O)COc1cc(Cl)c(Cl)cc1Cl)c1cccnc1. The van der Waals surface area contributed by atoms with Gasteiger partial charge in [0.2, 0.25) is 0 Å². The highest BCUT2D eigenvalue weighted by Gasteiger charge is 2.09. The third-order valence-corrected chi connectivity index (χ3v) is 3.78. The fourth-order valence-electron chi connectivity index (χ4n) is 1.58. The number of carbonyl (C=O) groups excluding carboxylic acids is 1. The van der Waals surface area contributed by atoms with E-state index in [-0.39, 0.29) is 22.4 Å². The summed E-state index contributed by atoms with van der Waals surface area (Å²) in [4.78, 5) is 15.7. The van der Waals surface area contributed by atoms with E-state index in [1.807, 2.05) is 6.07 Å². The smallest absolute Gasteiger partial charge is 0.277 e. The Hall–Kier alpha value is -1.82. The summed E-state index contributed by atoms with van der Waals surface area (Å²) in [6.45, 7) is 1.50. The van der Waals surface area contributed by atoms with Crippen molar-refractivity contribution in [1.82, 2.24) is 10.4 Å². The van der Waals surface area contributed by atoms with Crippen molar-refractivity contribution in [3.8, 4) is 5.75 Å². The number of nitrogens with one attached hydrogen (secondary N) is 1. The zero-order valence-corrected chi connectivity index (χ0v) is 14.3. The number of hydrogen-bond acceptors (Lipinski definition) is 4. The lowest BCUT2D eigenvalue weighted by atomic mass is 10.2. The standard InChI is InChI=1S/C15H12Cl3N3O2/c1-9(10-3-2-4-19-7-10)20-21-15(22)8-23-14-6-12(17)11(16)5-13(14)18/h2-7H,8H2,1H3,(H,21,22)/b20-9-. The van der Waals surface area contributed by atoms with Crippen molar-refractivity contribution in [3.63, 3.8) is 0 Å². The second-order valence-corrected chi connectivity index (χ2v) is 5.68. The Balaban J connectivity index is 1.92. The summed E-state index contributed by atoms with van der Waals surface area (Å²) in [7, 11) is 0. The summed E-state index contributed by atoms with van der Waals surface area (Å²) in [5.41, 5.74) is 3.82. The van der Waals surface area contributed by atoms with Gasteiger partial charge in [-0.2, -0.15) is 5.10 Å². The summed E-state index contributed by atoms with van der Waals surface area (Å²) in [6, 6.07) is 6.52. The number of pyridine rings is 1. The average molecular weight is 373 g/mol. The molecule has 0 saturated carbocycles. The number of amides is 1. The summed E-state index contributed by atoms with van der Waals surface area (Å²) in [5, 5.41) is 4.84. The van der Waals surface area contributed by atoms with E-state index in [0.717, 1.165) is 5.56 Å². The van der Waals surface area contributed by atoms with Gasteiger partial charge in [-0.3, -0.25) is 9.78 Å². The van der Waals surface area contributed by atoms with Gasteiger partial charge in [0.15, 0.2) is 6.61 Å². The van der Waals surface area contributed by atoms with E-state index >= 15 is 0 Å². The van der Waals surface area contributed by atoms with E-state index in [1.165, 1.54) is 12.1 Å². The van der Waals surface area contributed by atoms with Crippen LogP contribution in [0.2, 0.25) is 15.1 Å². The van der Waals surface area contributed by atoms with Gasteiger partial charge < -0.3 is 4.74 Å². The fourth-order valence-corrected chi connectivity index (χ4v) is 2.17. The van der Waals surface area contributed by atoms with Crippen LogP contribution in [0, 0.1) is 0 Å². The molecule has 0 aliphatic carbocycles. The highest BCUT2D eigenvalue weighted by atomic mass is 35.5. The highest BCUT2D eigenvalue weighted by molar-refractivity contribution is 6.43. The molecule has 0 aliphatic rings. The van der Waals surface area contributed by atoms with Crippen molar-refractivity contribution in [3.05, 3.63) is 57.3 Å². The molecule has 1 aromatic carbocycles. The molecular formula is C15H12Cl3N3O2. The van der Waals surface area contributed by atoms with Crippen molar-refractivity contribution in [1.29, 1.82) is 0 Å². The molecule has 2 rings (SSSR count). The van der Waals surface area contributed by atoms with Crippen LogP contribution >= 0.6 is 34.8 Å². The van der Waals surface area contributed by atoms with Crippen molar-refractivity contribution in [2.45, 2.75) is 6.92 Å². The molecule has 1 aromatic heterocycles. The highest BCUT2D eigenvalue weighted by Crippen LogP contribution is 2.33. The van der Waals surface area contributed by atoms with E-state index in [2.05, 4.69) is 15.5 Å². The summed E-state index contributed by atoms with van der Waals surface area (Å²) in [6.07, 6.45) is 3.31. The molecule has 0 spiro atoms. The zero-order valence-electron chi connectivity index (χ0n) is 12.0. The second-order valence-electron chi connectivity index (χ2n) is 4.46. The van der Waals surface area contributed by atoms with Crippen LogP contribution in [0.5, 0.6) is 5.75 Å². The number of rotatable bonds is 5. The van der Waals surface area contributed by atoms with Gasteiger partial charge >= 0.3 is 0 Å². The lowest BCUT2D eigenvalue weighted by Crippen LogP contribution is -2.25. The monoisotopic (exact) mass is 371 g/mol. The van der Waals surface area contributed by atoms with Gasteiger partial charge in [-0.1, -0.05) is 40.9 Å². The molecule has 1 N–H and O–H groups in total. The first-order valence-electron chi connectivity index (χ1n) is 6.48. The molecular weight excluding hydrogens is 361 g/mol. The van der Waals surface area contributed by atoms with Crippen LogP contribution in [0.1, 0.15) is 12.5 Å². The van der Waals surface area contributed by atoms with Crippen LogP contribution < -0.4 is 10.2 Å². The molecule has 0 bridgehead atoms. The first-order valence-corrected chi connectivity index (χ1v) is 7.61. The van der Waals surface area contributed by atoms with Crippen LogP contribution in [0.3, 0.4) is 0 Å². The maximum atomic E-state index is 11.8. The van der Waals surface area contributed by atoms with Gasteiger partial charge in [0, 0.05) is 24.0 Å². The number of nitrogens with zero attached hydrogens (tertiary/aromatic N) is 2. The number of hydrazone groups is 1. The average Bonchev–Trinajstić information content (AvgIpc) is 2.55. The normalized spacial score (nSPS) is 11.2. The Labute approximate surface area is 148 Å². The third-order valence-electron chi connectivity index (χ3n) is 2.76. The Morgan fingerprint density at radius 1 is 1.26 bits per heavy atom. The summed E-state index contributed by atoms with van der Waals surface area (Å²) < 4.78 is 5.30. The van der Waals surface area contributed by atoms with Gasteiger partial charge in [0.25, 0.3) is 5.91 Å². The van der Waals surface area contributed by atoms with Crippen molar-refractivity contribution in [2.24, 2.45) is 5.10 Å². The largest absolute Gasteiger partial charge is 0.482 e. The van der Waals surface area contributed by atoms with Gasteiger partial charge in [0.05, 0.1) is 20.8 Å². The Bertz CT molecular complexity index is 736. The number of hydrogen-bond donors (Lipinski definition) is 1. The molecule has 0 radical (unpaired) electrons. The van der Waals surface area contributed by atoms with Crippen LogP contribution in [0.15, 0.2) is 41.8 Å². The number of halogens is 3. The molecule has 1 heterocycles. The van der Waals surface area contributed by atoms with Crippen molar-refractivity contribution in [2.75, 3.05) is 6.61 Å². The topological polar surface area (TPSA) is 63.6 Å². The van der Waals surface area contributed by atoms with Gasteiger partial charge in [-0.15, -0.1) is 0 Å². The van der Waals surface area contributed by atoms with E-state index in [0.29, 0.717) is 10.7 Å². The molecule has 8 heteroatoms. The first kappa shape index (κ1) is 17.5. The Morgan fingerprint density at radius 2 is 2.00 bits per heavy atom. The van der Waals surface area contributed by atoms with E-state index < -0.39 is 5.91 Å². The minimum Gasteiger partial charge on any atom is -0.482 e.